The maximum absolute atomic E-state index is 6.08. The summed E-state index contributed by atoms with van der Waals surface area (Å²) in [6, 6.07) is 3.40. The molecule has 2 rings (SSSR count). The minimum atomic E-state index is 0.396. The molecule has 0 amide bonds. The second-order valence-electron chi connectivity index (χ2n) is 5.87. The van der Waals surface area contributed by atoms with E-state index in [4.69, 9.17) is 5.73 Å². The van der Waals surface area contributed by atoms with Crippen LogP contribution in [0.15, 0.2) is 6.07 Å². The predicted octanol–water partition coefficient (Wildman–Crippen LogP) is 2.39. The first-order valence-electron chi connectivity index (χ1n) is 7.20. The maximum atomic E-state index is 6.08. The molecule has 0 bridgehead atoms. The Labute approximate surface area is 121 Å². The predicted molar refractivity (Wildman–Crippen MR) is 83.9 cm³/mol. The van der Waals surface area contributed by atoms with Gasteiger partial charge in [0.1, 0.15) is 0 Å². The van der Waals surface area contributed by atoms with E-state index in [1.165, 1.54) is 34.7 Å². The van der Waals surface area contributed by atoms with Crippen molar-refractivity contribution in [3.05, 3.63) is 21.4 Å². The van der Waals surface area contributed by atoms with Gasteiger partial charge in [-0.3, -0.25) is 4.90 Å². The molecule has 1 fully saturated rings. The van der Waals surface area contributed by atoms with E-state index in [9.17, 15) is 0 Å². The Kier molecular flexibility index (Phi) is 5.01. The van der Waals surface area contributed by atoms with Crippen LogP contribution in [0.4, 0.5) is 0 Å². The Morgan fingerprint density at radius 1 is 1.47 bits per heavy atom. The van der Waals surface area contributed by atoms with Crippen LogP contribution < -0.4 is 5.73 Å². The quantitative estimate of drug-likeness (QED) is 0.920. The highest BCUT2D eigenvalue weighted by atomic mass is 32.1. The summed E-state index contributed by atoms with van der Waals surface area (Å²) in [6.07, 6.45) is 2.59. The molecule has 108 valence electrons. The third-order valence-corrected chi connectivity index (χ3v) is 5.24. The summed E-state index contributed by atoms with van der Waals surface area (Å²) in [6.45, 7) is 7.46. The topological polar surface area (TPSA) is 32.5 Å². The minimum absolute atomic E-state index is 0.396. The highest BCUT2D eigenvalue weighted by molar-refractivity contribution is 7.12. The molecule has 1 aliphatic heterocycles. The van der Waals surface area contributed by atoms with E-state index in [0.29, 0.717) is 12.1 Å². The minimum Gasteiger partial charge on any atom is -0.329 e. The first kappa shape index (κ1) is 15.0. The van der Waals surface area contributed by atoms with Crippen LogP contribution in [0.3, 0.4) is 0 Å². The summed E-state index contributed by atoms with van der Waals surface area (Å²) >= 11 is 1.89. The van der Waals surface area contributed by atoms with Gasteiger partial charge in [-0.15, -0.1) is 11.3 Å². The molecule has 3 nitrogen and oxygen atoms in total. The Hall–Kier alpha value is -0.420. The second-order valence-corrected chi connectivity index (χ2v) is 7.34. The standard InChI is InChI=1S/C15H27N3S/c1-11-8-14(12(2)19-11)15(9-16)18-7-5-6-13(10-18)17(3)4/h8,13,15H,5-7,9-10,16H2,1-4H3. The van der Waals surface area contributed by atoms with Crippen molar-refractivity contribution in [2.45, 2.75) is 38.8 Å². The highest BCUT2D eigenvalue weighted by Gasteiger charge is 2.28. The third-order valence-electron chi connectivity index (χ3n) is 4.26. The van der Waals surface area contributed by atoms with Crippen LogP contribution in [0.25, 0.3) is 0 Å². The molecule has 2 N–H and O–H groups in total. The van der Waals surface area contributed by atoms with Gasteiger partial charge in [-0.25, -0.2) is 0 Å². The van der Waals surface area contributed by atoms with Crippen LogP contribution >= 0.6 is 11.3 Å². The van der Waals surface area contributed by atoms with E-state index >= 15 is 0 Å². The molecule has 1 aromatic heterocycles. The molecule has 0 aromatic carbocycles. The summed E-state index contributed by atoms with van der Waals surface area (Å²) in [5.41, 5.74) is 7.53. The summed E-state index contributed by atoms with van der Waals surface area (Å²) < 4.78 is 0. The smallest absolute Gasteiger partial charge is 0.0482 e. The Morgan fingerprint density at radius 2 is 2.21 bits per heavy atom. The normalized spacial score (nSPS) is 22.9. The number of nitrogens with two attached hydrogens (primary N) is 1. The molecule has 1 saturated heterocycles. The van der Waals surface area contributed by atoms with Crippen molar-refractivity contribution in [1.29, 1.82) is 0 Å². The van der Waals surface area contributed by atoms with Crippen LogP contribution in [0.1, 0.15) is 34.2 Å². The van der Waals surface area contributed by atoms with Gasteiger partial charge in [0.2, 0.25) is 0 Å². The molecular weight excluding hydrogens is 254 g/mol. The van der Waals surface area contributed by atoms with Gasteiger partial charge in [0.25, 0.3) is 0 Å². The Balaban J connectivity index is 2.15. The van der Waals surface area contributed by atoms with Gasteiger partial charge in [-0.1, -0.05) is 0 Å². The van der Waals surface area contributed by atoms with Gasteiger partial charge in [-0.05, 0) is 59.0 Å². The zero-order valence-electron chi connectivity index (χ0n) is 12.6. The number of thiophene rings is 1. The second kappa shape index (κ2) is 6.35. The molecule has 0 spiro atoms. The molecule has 2 unspecified atom stereocenters. The van der Waals surface area contributed by atoms with Crippen LogP contribution in [-0.2, 0) is 0 Å². The number of hydrogen-bond acceptors (Lipinski definition) is 4. The van der Waals surface area contributed by atoms with Crippen molar-refractivity contribution < 1.29 is 0 Å². The Morgan fingerprint density at radius 3 is 2.74 bits per heavy atom. The van der Waals surface area contributed by atoms with Gasteiger partial charge in [0, 0.05) is 34.9 Å². The molecule has 1 aromatic rings. The lowest BCUT2D eigenvalue weighted by Crippen LogP contribution is -2.47. The lowest BCUT2D eigenvalue weighted by Gasteiger charge is -2.40. The summed E-state index contributed by atoms with van der Waals surface area (Å²) in [5.74, 6) is 0. The molecular formula is C15H27N3S. The van der Waals surface area contributed by atoms with Gasteiger partial charge in [-0.2, -0.15) is 0 Å². The molecule has 0 aliphatic carbocycles. The van der Waals surface area contributed by atoms with Crippen molar-refractivity contribution in [1.82, 2.24) is 9.80 Å². The number of nitrogens with zero attached hydrogens (tertiary/aromatic N) is 2. The Bertz CT molecular complexity index is 414. The largest absolute Gasteiger partial charge is 0.329 e. The molecule has 1 aliphatic rings. The number of piperidine rings is 1. The molecule has 2 heterocycles. The van der Waals surface area contributed by atoms with E-state index < -0.39 is 0 Å². The first-order chi connectivity index (χ1) is 9.02. The van der Waals surface area contributed by atoms with Crippen LogP contribution in [0, 0.1) is 13.8 Å². The van der Waals surface area contributed by atoms with E-state index in [1.54, 1.807) is 0 Å². The van der Waals surface area contributed by atoms with Crippen LogP contribution in [0.2, 0.25) is 0 Å². The zero-order valence-corrected chi connectivity index (χ0v) is 13.5. The molecule has 4 heteroatoms. The van der Waals surface area contributed by atoms with E-state index in [-0.39, 0.29) is 0 Å². The van der Waals surface area contributed by atoms with E-state index in [2.05, 4.69) is 43.8 Å². The van der Waals surface area contributed by atoms with Crippen molar-refractivity contribution in [3.8, 4) is 0 Å². The lowest BCUT2D eigenvalue weighted by atomic mass is 9.99. The SMILES string of the molecule is Cc1cc(C(CN)N2CCCC(N(C)C)C2)c(C)s1. The average molecular weight is 281 g/mol. The fourth-order valence-electron chi connectivity index (χ4n) is 3.14. The fourth-order valence-corrected chi connectivity index (χ4v) is 4.12. The van der Waals surface area contributed by atoms with Gasteiger partial charge in [0.15, 0.2) is 0 Å². The molecule has 0 radical (unpaired) electrons. The van der Waals surface area contributed by atoms with Crippen LogP contribution in [-0.4, -0.2) is 49.6 Å². The summed E-state index contributed by atoms with van der Waals surface area (Å²) in [5, 5.41) is 0. The number of hydrogen-bond donors (Lipinski definition) is 1. The van der Waals surface area contributed by atoms with Gasteiger partial charge < -0.3 is 10.6 Å². The van der Waals surface area contributed by atoms with E-state index in [1.807, 2.05) is 11.3 Å². The molecule has 2 atom stereocenters. The number of likely N-dealkylation sites (tertiary alicyclic amines) is 1. The maximum Gasteiger partial charge on any atom is 0.0482 e. The van der Waals surface area contributed by atoms with Crippen molar-refractivity contribution in [2.75, 3.05) is 33.7 Å². The first-order valence-corrected chi connectivity index (χ1v) is 8.02. The van der Waals surface area contributed by atoms with Crippen molar-refractivity contribution in [2.24, 2.45) is 5.73 Å². The van der Waals surface area contributed by atoms with E-state index in [0.717, 1.165) is 13.1 Å². The third kappa shape index (κ3) is 3.37. The fraction of sp³-hybridized carbons (Fsp3) is 0.733. The monoisotopic (exact) mass is 281 g/mol. The zero-order chi connectivity index (χ0) is 14.0. The van der Waals surface area contributed by atoms with Crippen LogP contribution in [0.5, 0.6) is 0 Å². The van der Waals surface area contributed by atoms with Gasteiger partial charge >= 0.3 is 0 Å². The number of likely N-dealkylation sites (N-methyl/N-ethyl adjacent to an activating group) is 1. The van der Waals surface area contributed by atoms with Crippen molar-refractivity contribution in [3.63, 3.8) is 0 Å². The summed E-state index contributed by atoms with van der Waals surface area (Å²) in [4.78, 5) is 7.76. The molecule has 0 saturated carbocycles. The average Bonchev–Trinajstić information content (AvgIpc) is 2.70. The highest BCUT2D eigenvalue weighted by Crippen LogP contribution is 2.31. The van der Waals surface area contributed by atoms with Crippen molar-refractivity contribution >= 4 is 11.3 Å². The summed E-state index contributed by atoms with van der Waals surface area (Å²) in [7, 11) is 4.37. The number of aryl methyl sites for hydroxylation is 2. The lowest BCUT2D eigenvalue weighted by molar-refractivity contribution is 0.0983. The number of rotatable bonds is 4. The van der Waals surface area contributed by atoms with Gasteiger partial charge in [0.05, 0.1) is 0 Å². The molecule has 19 heavy (non-hydrogen) atoms.